The quantitative estimate of drug-likeness (QED) is 0.175. The van der Waals surface area contributed by atoms with Gasteiger partial charge in [0.25, 0.3) is 0 Å². The van der Waals surface area contributed by atoms with Crippen molar-refractivity contribution in [3.8, 4) is 11.5 Å². The molecule has 35 heavy (non-hydrogen) atoms. The summed E-state index contributed by atoms with van der Waals surface area (Å²) in [6, 6.07) is 15.6. The van der Waals surface area contributed by atoms with E-state index in [4.69, 9.17) is 26.2 Å². The Morgan fingerprint density at radius 1 is 0.914 bits per heavy atom. The SMILES string of the molecule is C/C(CO)=C(C)\N=N/NCC(O)COc1ccc(C(C)(C)c2ccc(OCC(O)CCl)cc2)cc1. The maximum Gasteiger partial charge on any atom is 0.119 e. The lowest BCUT2D eigenvalue weighted by molar-refractivity contribution is 0.106. The highest BCUT2D eigenvalue weighted by atomic mass is 35.5. The van der Waals surface area contributed by atoms with Gasteiger partial charge in [-0.05, 0) is 54.8 Å². The van der Waals surface area contributed by atoms with E-state index in [1.54, 1.807) is 13.8 Å². The Balaban J connectivity index is 1.87. The van der Waals surface area contributed by atoms with Crippen LogP contribution in [-0.4, -0.2) is 59.8 Å². The molecule has 2 unspecified atom stereocenters. The summed E-state index contributed by atoms with van der Waals surface area (Å²) in [5.41, 5.74) is 6.02. The predicted octanol–water partition coefficient (Wildman–Crippen LogP) is 3.97. The zero-order valence-corrected chi connectivity index (χ0v) is 21.5. The molecule has 2 rings (SSSR count). The number of nitrogens with one attached hydrogen (secondary N) is 1. The number of aliphatic hydroxyl groups excluding tert-OH is 3. The molecule has 0 saturated heterocycles. The van der Waals surface area contributed by atoms with Crippen LogP contribution >= 0.6 is 11.6 Å². The molecule has 0 aliphatic heterocycles. The van der Waals surface area contributed by atoms with Crippen LogP contribution < -0.4 is 14.9 Å². The van der Waals surface area contributed by atoms with Gasteiger partial charge in [0, 0.05) is 5.41 Å². The number of rotatable bonds is 14. The van der Waals surface area contributed by atoms with Gasteiger partial charge >= 0.3 is 0 Å². The normalized spacial score (nSPS) is 14.4. The molecule has 2 aromatic rings. The molecule has 0 radical (unpaired) electrons. The van der Waals surface area contributed by atoms with E-state index in [0.29, 0.717) is 17.2 Å². The molecule has 4 N–H and O–H groups in total. The van der Waals surface area contributed by atoms with Crippen LogP contribution in [0.1, 0.15) is 38.8 Å². The van der Waals surface area contributed by atoms with E-state index in [2.05, 4.69) is 29.6 Å². The van der Waals surface area contributed by atoms with E-state index in [0.717, 1.165) is 16.7 Å². The Labute approximate surface area is 212 Å². The number of benzene rings is 2. The smallest absolute Gasteiger partial charge is 0.119 e. The van der Waals surface area contributed by atoms with E-state index in [1.165, 1.54) is 0 Å². The van der Waals surface area contributed by atoms with E-state index in [-0.39, 0.29) is 37.7 Å². The molecule has 0 aliphatic rings. The molecule has 0 saturated carbocycles. The number of aliphatic hydroxyl groups is 3. The summed E-state index contributed by atoms with van der Waals surface area (Å²) in [6.07, 6.45) is -1.45. The third kappa shape index (κ3) is 9.14. The second-order valence-electron chi connectivity index (χ2n) is 8.84. The fraction of sp³-hybridized carbons (Fsp3) is 0.462. The summed E-state index contributed by atoms with van der Waals surface area (Å²) >= 11 is 5.60. The van der Waals surface area contributed by atoms with Crippen molar-refractivity contribution in [1.29, 1.82) is 0 Å². The largest absolute Gasteiger partial charge is 0.491 e. The van der Waals surface area contributed by atoms with Gasteiger partial charge in [0.15, 0.2) is 0 Å². The first kappa shape index (κ1) is 28.6. The highest BCUT2D eigenvalue weighted by Crippen LogP contribution is 2.33. The lowest BCUT2D eigenvalue weighted by Crippen LogP contribution is -2.28. The molecule has 0 aliphatic carbocycles. The van der Waals surface area contributed by atoms with Gasteiger partial charge in [-0.25, -0.2) is 0 Å². The summed E-state index contributed by atoms with van der Waals surface area (Å²) in [6.45, 7) is 8.18. The lowest BCUT2D eigenvalue weighted by Gasteiger charge is -2.26. The van der Waals surface area contributed by atoms with Crippen molar-refractivity contribution in [1.82, 2.24) is 5.43 Å². The summed E-state index contributed by atoms with van der Waals surface area (Å²) in [4.78, 5) is 0. The molecule has 2 aromatic carbocycles. The van der Waals surface area contributed by atoms with Crippen LogP contribution in [0.3, 0.4) is 0 Å². The molecule has 9 heteroatoms. The average Bonchev–Trinajstić information content (AvgIpc) is 2.88. The van der Waals surface area contributed by atoms with Gasteiger partial charge < -0.3 is 24.8 Å². The highest BCUT2D eigenvalue weighted by Gasteiger charge is 2.23. The van der Waals surface area contributed by atoms with Crippen LogP contribution in [0.25, 0.3) is 0 Å². The zero-order valence-electron chi connectivity index (χ0n) is 20.7. The molecular formula is C26H36ClN3O5. The van der Waals surface area contributed by atoms with Crippen molar-refractivity contribution in [3.05, 3.63) is 70.9 Å². The van der Waals surface area contributed by atoms with Crippen molar-refractivity contribution in [2.24, 2.45) is 10.3 Å². The minimum atomic E-state index is -0.764. The van der Waals surface area contributed by atoms with Gasteiger partial charge in [0.2, 0.25) is 0 Å². The van der Waals surface area contributed by atoms with Gasteiger partial charge in [-0.3, -0.25) is 5.43 Å². The van der Waals surface area contributed by atoms with Crippen molar-refractivity contribution < 1.29 is 24.8 Å². The van der Waals surface area contributed by atoms with Crippen molar-refractivity contribution in [2.45, 2.75) is 45.3 Å². The number of halogens is 1. The average molecular weight is 506 g/mol. The monoisotopic (exact) mass is 505 g/mol. The van der Waals surface area contributed by atoms with Crippen LogP contribution in [0.15, 0.2) is 70.1 Å². The van der Waals surface area contributed by atoms with Crippen LogP contribution in [0, 0.1) is 0 Å². The first-order chi connectivity index (χ1) is 16.7. The summed E-state index contributed by atoms with van der Waals surface area (Å²) < 4.78 is 11.2. The molecule has 0 aromatic heterocycles. The van der Waals surface area contributed by atoms with Gasteiger partial charge in [0.05, 0.1) is 24.7 Å². The van der Waals surface area contributed by atoms with Crippen LogP contribution in [0.2, 0.25) is 0 Å². The third-order valence-electron chi connectivity index (χ3n) is 5.67. The van der Waals surface area contributed by atoms with Gasteiger partial charge in [-0.1, -0.05) is 43.3 Å². The Kier molecular flexibility index (Phi) is 11.5. The third-order valence-corrected chi connectivity index (χ3v) is 6.02. The number of nitrogens with zero attached hydrogens (tertiary/aromatic N) is 2. The predicted molar refractivity (Wildman–Crippen MR) is 137 cm³/mol. The highest BCUT2D eigenvalue weighted by molar-refractivity contribution is 6.18. The first-order valence-electron chi connectivity index (χ1n) is 11.5. The molecule has 0 heterocycles. The summed E-state index contributed by atoms with van der Waals surface area (Å²) in [7, 11) is 0. The maximum absolute atomic E-state index is 10.1. The van der Waals surface area contributed by atoms with Crippen molar-refractivity contribution in [2.75, 3.05) is 32.2 Å². The standard InChI is InChI=1S/C26H36ClN3O5/c1-18(15-31)19(2)29-30-28-14-23(33)17-35-25-11-7-21(8-12-25)26(3,4)20-5-9-24(10-6-20)34-16-22(32)13-27/h5-12,22-23,31-33H,13-17H2,1-4H3,(H,28,29)/b19-18+. The molecular weight excluding hydrogens is 470 g/mol. The molecule has 0 fully saturated rings. The maximum atomic E-state index is 10.1. The van der Waals surface area contributed by atoms with Crippen molar-refractivity contribution >= 4 is 11.6 Å². The summed E-state index contributed by atoms with van der Waals surface area (Å²) in [5.74, 6) is 1.47. The number of hydrogen-bond donors (Lipinski definition) is 4. The van der Waals surface area contributed by atoms with Gasteiger partial charge in [-0.2, -0.15) is 0 Å². The Bertz CT molecular complexity index is 962. The van der Waals surface area contributed by atoms with Crippen LogP contribution in [-0.2, 0) is 5.41 Å². The molecule has 192 valence electrons. The topological polar surface area (TPSA) is 116 Å². The first-order valence-corrected chi connectivity index (χ1v) is 12.0. The number of allylic oxidation sites excluding steroid dienone is 1. The van der Waals surface area contributed by atoms with E-state index in [1.807, 2.05) is 48.5 Å². The second-order valence-corrected chi connectivity index (χ2v) is 9.15. The molecule has 8 nitrogen and oxygen atoms in total. The number of alkyl halides is 1. The van der Waals surface area contributed by atoms with E-state index in [9.17, 15) is 10.2 Å². The van der Waals surface area contributed by atoms with Gasteiger partial charge in [-0.15, -0.1) is 16.7 Å². The van der Waals surface area contributed by atoms with Crippen LogP contribution in [0.4, 0.5) is 0 Å². The molecule has 2 atom stereocenters. The molecule has 0 amide bonds. The summed E-state index contributed by atoms with van der Waals surface area (Å²) in [5, 5.41) is 36.4. The Hall–Kier alpha value is -2.65. The molecule has 0 bridgehead atoms. The second kappa shape index (κ2) is 14.0. The van der Waals surface area contributed by atoms with Gasteiger partial charge in [0.1, 0.15) is 36.9 Å². The van der Waals surface area contributed by atoms with E-state index >= 15 is 0 Å². The minimum Gasteiger partial charge on any atom is -0.491 e. The Morgan fingerprint density at radius 2 is 1.40 bits per heavy atom. The number of hydrogen-bond acceptors (Lipinski definition) is 7. The zero-order chi connectivity index (χ0) is 25.8. The minimum absolute atomic E-state index is 0.0697. The van der Waals surface area contributed by atoms with E-state index < -0.39 is 12.2 Å². The fourth-order valence-corrected chi connectivity index (χ4v) is 3.14. The number of ether oxygens (including phenoxy) is 2. The fourth-order valence-electron chi connectivity index (χ4n) is 3.05. The Morgan fingerprint density at radius 3 is 1.86 bits per heavy atom. The molecule has 0 spiro atoms. The van der Waals surface area contributed by atoms with Crippen LogP contribution in [0.5, 0.6) is 11.5 Å². The van der Waals surface area contributed by atoms with Crippen molar-refractivity contribution in [3.63, 3.8) is 0 Å². The lowest BCUT2D eigenvalue weighted by atomic mass is 9.78.